The molecule has 2 aromatic rings. The van der Waals surface area contributed by atoms with Crippen LogP contribution in [0.1, 0.15) is 75.3 Å². The molecule has 4 fully saturated rings. The van der Waals surface area contributed by atoms with Crippen molar-refractivity contribution < 1.29 is 9.59 Å². The van der Waals surface area contributed by atoms with Crippen molar-refractivity contribution in [1.29, 1.82) is 0 Å². The number of nitrogens with zero attached hydrogens (tertiary/aromatic N) is 3. The maximum absolute atomic E-state index is 13.8. The van der Waals surface area contributed by atoms with E-state index in [0.717, 1.165) is 44.3 Å². The molecule has 10 nitrogen and oxygen atoms in total. The van der Waals surface area contributed by atoms with E-state index in [1.807, 2.05) is 6.92 Å². The topological polar surface area (TPSA) is 130 Å². The third-order valence-corrected chi connectivity index (χ3v) is 10.6. The van der Waals surface area contributed by atoms with Gasteiger partial charge in [0, 0.05) is 18.0 Å². The van der Waals surface area contributed by atoms with Gasteiger partial charge in [-0.2, -0.15) is 0 Å². The molecule has 39 heavy (non-hydrogen) atoms. The average molecular weight is 532 g/mol. The first-order valence-electron chi connectivity index (χ1n) is 14.2. The third-order valence-electron chi connectivity index (χ3n) is 10.6. The lowest BCUT2D eigenvalue weighted by molar-refractivity contribution is -0.119. The highest BCUT2D eigenvalue weighted by molar-refractivity contribution is 5.97. The summed E-state index contributed by atoms with van der Waals surface area (Å²) >= 11 is 0. The van der Waals surface area contributed by atoms with Crippen molar-refractivity contribution in [3.63, 3.8) is 0 Å². The smallest absolute Gasteiger partial charge is 0.276 e. The summed E-state index contributed by atoms with van der Waals surface area (Å²) in [5.74, 6) is 0.875. The number of piperidine rings is 1. The van der Waals surface area contributed by atoms with E-state index in [-0.39, 0.29) is 34.1 Å². The first-order valence-corrected chi connectivity index (χ1v) is 14.2. The minimum absolute atomic E-state index is 0.0142. The van der Waals surface area contributed by atoms with Gasteiger partial charge in [-0.05, 0) is 80.4 Å². The number of fused-ring (bicyclic) bond motifs is 3. The minimum atomic E-state index is -0.662. The van der Waals surface area contributed by atoms with E-state index in [9.17, 15) is 14.4 Å². The Labute approximate surface area is 227 Å². The standard InChI is InChI=1S/C29H37N7O3/c1-16-11-18(25(39)36-22(16)24(38)35-28(36)9-7-27(5-6-27)8-10-28)33-19-12-20(32-15-31-19)34-23(37)21-17-13-30-14-29(17,21)26(2,3)4/h11-12,15,17,21,30H,5-10,13-14H2,1-4H3,(H,35,38)(H2,31,32,33,34,37)/t17-,21-,29-/m0/s1. The number of aromatic nitrogens is 3. The van der Waals surface area contributed by atoms with Crippen LogP contribution in [0.5, 0.6) is 0 Å². The molecule has 4 heterocycles. The van der Waals surface area contributed by atoms with Gasteiger partial charge in [0.05, 0.1) is 5.92 Å². The molecule has 2 amide bonds. The summed E-state index contributed by atoms with van der Waals surface area (Å²) < 4.78 is 1.69. The summed E-state index contributed by atoms with van der Waals surface area (Å²) in [4.78, 5) is 48.6. The van der Waals surface area contributed by atoms with Gasteiger partial charge in [0.1, 0.15) is 35.0 Å². The summed E-state index contributed by atoms with van der Waals surface area (Å²) in [5, 5.41) is 12.8. The van der Waals surface area contributed by atoms with Crippen LogP contribution in [0.3, 0.4) is 0 Å². The molecule has 0 bridgehead atoms. The van der Waals surface area contributed by atoms with Crippen molar-refractivity contribution in [2.24, 2.45) is 28.1 Å². The van der Waals surface area contributed by atoms with Gasteiger partial charge in [0.25, 0.3) is 11.5 Å². The molecular formula is C29H37N7O3. The highest BCUT2D eigenvalue weighted by atomic mass is 16.2. The lowest BCUT2D eigenvalue weighted by Gasteiger charge is -2.39. The first-order chi connectivity index (χ1) is 18.5. The fourth-order valence-corrected chi connectivity index (χ4v) is 8.10. The number of nitrogens with one attached hydrogen (secondary N) is 4. The van der Waals surface area contributed by atoms with E-state index < -0.39 is 5.66 Å². The van der Waals surface area contributed by atoms with Gasteiger partial charge in [0.2, 0.25) is 5.91 Å². The lowest BCUT2D eigenvalue weighted by Crippen LogP contribution is -2.50. The SMILES string of the molecule is Cc1cc(Nc2cc(NC(=O)[C@@H]3[C@@H]4CNC[C@@]34C(C)(C)C)ncn2)c(=O)n2c1C(=O)NC21CCC2(CC2)CC1. The molecular weight excluding hydrogens is 494 g/mol. The Kier molecular flexibility index (Phi) is 5.01. The molecule has 10 heteroatoms. The number of aryl methyl sites for hydroxylation is 1. The van der Waals surface area contributed by atoms with Crippen molar-refractivity contribution in [3.05, 3.63) is 40.1 Å². The molecule has 0 aromatic carbocycles. The van der Waals surface area contributed by atoms with E-state index in [2.05, 4.69) is 52.0 Å². The molecule has 3 saturated carbocycles. The Bertz CT molecular complexity index is 1460. The second kappa shape index (κ2) is 7.90. The number of hydrogen-bond acceptors (Lipinski definition) is 7. The zero-order valence-electron chi connectivity index (χ0n) is 23.1. The minimum Gasteiger partial charge on any atom is -0.336 e. The molecule has 2 aliphatic heterocycles. The highest BCUT2D eigenvalue weighted by Crippen LogP contribution is 2.69. The highest BCUT2D eigenvalue weighted by Gasteiger charge is 2.74. The number of hydrogen-bond donors (Lipinski definition) is 4. The van der Waals surface area contributed by atoms with Crippen molar-refractivity contribution in [2.75, 3.05) is 23.7 Å². The molecule has 2 aromatic heterocycles. The van der Waals surface area contributed by atoms with E-state index in [1.165, 1.54) is 19.2 Å². The largest absolute Gasteiger partial charge is 0.336 e. The van der Waals surface area contributed by atoms with Gasteiger partial charge in [-0.3, -0.25) is 19.0 Å². The van der Waals surface area contributed by atoms with E-state index >= 15 is 0 Å². The van der Waals surface area contributed by atoms with Gasteiger partial charge in [0.15, 0.2) is 0 Å². The monoisotopic (exact) mass is 531 g/mol. The predicted octanol–water partition coefficient (Wildman–Crippen LogP) is 3.26. The van der Waals surface area contributed by atoms with Crippen LogP contribution in [0, 0.1) is 35.0 Å². The first kappa shape index (κ1) is 24.7. The van der Waals surface area contributed by atoms with E-state index in [1.54, 1.807) is 16.7 Å². The molecule has 206 valence electrons. The summed E-state index contributed by atoms with van der Waals surface area (Å²) in [5.41, 5.74) is 1.04. The quantitative estimate of drug-likeness (QED) is 0.476. The fraction of sp³-hybridized carbons (Fsp3) is 0.621. The number of rotatable bonds is 4. The second-order valence-corrected chi connectivity index (χ2v) is 13.6. The third kappa shape index (κ3) is 3.53. The molecule has 5 aliphatic rings. The van der Waals surface area contributed by atoms with Crippen molar-refractivity contribution in [1.82, 2.24) is 25.2 Å². The number of carbonyl (C=O) groups is 2. The van der Waals surface area contributed by atoms with Crippen LogP contribution in [-0.2, 0) is 10.5 Å². The van der Waals surface area contributed by atoms with Crippen LogP contribution < -0.4 is 26.8 Å². The van der Waals surface area contributed by atoms with Crippen LogP contribution >= 0.6 is 0 Å². The van der Waals surface area contributed by atoms with E-state index in [0.29, 0.717) is 34.3 Å². The van der Waals surface area contributed by atoms with Gasteiger partial charge in [-0.15, -0.1) is 0 Å². The van der Waals surface area contributed by atoms with Crippen molar-refractivity contribution >= 4 is 29.1 Å². The van der Waals surface area contributed by atoms with Crippen LogP contribution in [0.2, 0.25) is 0 Å². The van der Waals surface area contributed by atoms with Crippen LogP contribution in [0.15, 0.2) is 23.3 Å². The Balaban J connectivity index is 1.13. The van der Waals surface area contributed by atoms with Crippen molar-refractivity contribution in [3.8, 4) is 0 Å². The van der Waals surface area contributed by atoms with Crippen LogP contribution in [0.25, 0.3) is 0 Å². The Hall–Kier alpha value is -3.27. The second-order valence-electron chi connectivity index (χ2n) is 13.6. The predicted molar refractivity (Wildman–Crippen MR) is 147 cm³/mol. The fourth-order valence-electron chi connectivity index (χ4n) is 8.10. The molecule has 4 N–H and O–H groups in total. The Morgan fingerprint density at radius 2 is 1.74 bits per heavy atom. The molecule has 7 rings (SSSR count). The normalized spacial score (nSPS) is 29.1. The van der Waals surface area contributed by atoms with E-state index in [4.69, 9.17) is 0 Å². The maximum Gasteiger partial charge on any atom is 0.276 e. The summed E-state index contributed by atoms with van der Waals surface area (Å²) in [6.45, 7) is 10.2. The average Bonchev–Trinajstić information content (AvgIpc) is 3.70. The van der Waals surface area contributed by atoms with Gasteiger partial charge in [-0.25, -0.2) is 9.97 Å². The molecule has 1 saturated heterocycles. The van der Waals surface area contributed by atoms with Gasteiger partial charge in [-0.1, -0.05) is 20.8 Å². The number of amides is 2. The lowest BCUT2D eigenvalue weighted by atomic mass is 9.75. The molecule has 2 spiro atoms. The van der Waals surface area contributed by atoms with Crippen LogP contribution in [-0.4, -0.2) is 39.4 Å². The molecule has 3 atom stereocenters. The summed E-state index contributed by atoms with van der Waals surface area (Å²) in [6, 6.07) is 3.37. The zero-order chi connectivity index (χ0) is 27.4. The number of pyridine rings is 1. The van der Waals surface area contributed by atoms with Crippen molar-refractivity contribution in [2.45, 2.75) is 71.9 Å². The molecule has 3 aliphatic carbocycles. The zero-order valence-corrected chi connectivity index (χ0v) is 23.1. The summed E-state index contributed by atoms with van der Waals surface area (Å²) in [7, 11) is 0. The molecule has 0 unspecified atom stereocenters. The number of carbonyl (C=O) groups excluding carboxylic acids is 2. The van der Waals surface area contributed by atoms with Gasteiger partial charge < -0.3 is 21.3 Å². The summed E-state index contributed by atoms with van der Waals surface area (Å²) in [6.07, 6.45) is 7.48. The Morgan fingerprint density at radius 1 is 1.05 bits per heavy atom. The van der Waals surface area contributed by atoms with Crippen LogP contribution in [0.4, 0.5) is 17.3 Å². The molecule has 0 radical (unpaired) electrons. The van der Waals surface area contributed by atoms with Gasteiger partial charge >= 0.3 is 0 Å². The Morgan fingerprint density at radius 3 is 2.41 bits per heavy atom. The maximum atomic E-state index is 13.8. The number of anilines is 3.